The van der Waals surface area contributed by atoms with E-state index in [4.69, 9.17) is 4.74 Å². The number of aromatic amines is 1. The molecule has 0 aliphatic carbocycles. The van der Waals surface area contributed by atoms with E-state index in [1.165, 1.54) is 10.9 Å². The Kier molecular flexibility index (Phi) is 2.85. The second-order valence-corrected chi connectivity index (χ2v) is 5.40. The first-order valence-corrected chi connectivity index (χ1v) is 7.17. The molecule has 0 fully saturated rings. The molecule has 0 unspecified atom stereocenters. The average Bonchev–Trinajstić information content (AvgIpc) is 3.15. The van der Waals surface area contributed by atoms with Crippen LogP contribution in [0, 0.1) is 6.92 Å². The molecule has 0 bridgehead atoms. The number of pyridine rings is 1. The molecular formula is C17H16N4O. The third-order valence-electron chi connectivity index (χ3n) is 4.01. The Labute approximate surface area is 127 Å². The van der Waals surface area contributed by atoms with E-state index in [9.17, 15) is 0 Å². The molecule has 22 heavy (non-hydrogen) atoms. The van der Waals surface area contributed by atoms with Gasteiger partial charge in [-0.15, -0.1) is 0 Å². The van der Waals surface area contributed by atoms with Gasteiger partial charge < -0.3 is 9.72 Å². The molecule has 5 heteroatoms. The summed E-state index contributed by atoms with van der Waals surface area (Å²) in [5.41, 5.74) is 4.36. The first-order valence-electron chi connectivity index (χ1n) is 7.17. The maximum absolute atomic E-state index is 5.58. The van der Waals surface area contributed by atoms with Gasteiger partial charge in [-0.1, -0.05) is 0 Å². The molecule has 1 N–H and O–H groups in total. The largest absolute Gasteiger partial charge is 0.496 e. The van der Waals surface area contributed by atoms with E-state index in [0.29, 0.717) is 6.54 Å². The highest BCUT2D eigenvalue weighted by molar-refractivity contribution is 5.88. The summed E-state index contributed by atoms with van der Waals surface area (Å²) in [6.45, 7) is 2.74. The molecule has 110 valence electrons. The molecule has 3 aromatic heterocycles. The SMILES string of the molecule is COc1cc(C)c2[nH]ccc2c1Cn1cc2ccncc2n1. The summed E-state index contributed by atoms with van der Waals surface area (Å²) in [6.07, 6.45) is 7.56. The highest BCUT2D eigenvalue weighted by Gasteiger charge is 2.13. The summed E-state index contributed by atoms with van der Waals surface area (Å²) in [7, 11) is 1.71. The van der Waals surface area contributed by atoms with Gasteiger partial charge in [0.25, 0.3) is 0 Å². The quantitative estimate of drug-likeness (QED) is 0.630. The van der Waals surface area contributed by atoms with Crippen molar-refractivity contribution < 1.29 is 4.74 Å². The topological polar surface area (TPSA) is 55.7 Å². The third kappa shape index (κ3) is 1.94. The first kappa shape index (κ1) is 12.9. The van der Waals surface area contributed by atoms with Crippen LogP contribution in [0.25, 0.3) is 21.8 Å². The fourth-order valence-corrected chi connectivity index (χ4v) is 2.94. The molecule has 0 aliphatic heterocycles. The Bertz CT molecular complexity index is 934. The molecule has 0 saturated carbocycles. The van der Waals surface area contributed by atoms with Crippen LogP contribution in [0.2, 0.25) is 0 Å². The van der Waals surface area contributed by atoms with Crippen LogP contribution in [0.5, 0.6) is 5.75 Å². The van der Waals surface area contributed by atoms with Crippen molar-refractivity contribution in [3.63, 3.8) is 0 Å². The van der Waals surface area contributed by atoms with Crippen LogP contribution in [0.15, 0.2) is 43.0 Å². The smallest absolute Gasteiger partial charge is 0.124 e. The van der Waals surface area contributed by atoms with Gasteiger partial charge in [0.1, 0.15) is 11.3 Å². The summed E-state index contributed by atoms with van der Waals surface area (Å²) in [4.78, 5) is 7.41. The van der Waals surface area contributed by atoms with Gasteiger partial charge in [0.15, 0.2) is 0 Å². The lowest BCUT2D eigenvalue weighted by Crippen LogP contribution is -2.03. The van der Waals surface area contributed by atoms with Crippen LogP contribution in [0.3, 0.4) is 0 Å². The summed E-state index contributed by atoms with van der Waals surface area (Å²) < 4.78 is 7.52. The van der Waals surface area contributed by atoms with Gasteiger partial charge in [-0.2, -0.15) is 5.10 Å². The van der Waals surface area contributed by atoms with Gasteiger partial charge in [-0.3, -0.25) is 9.67 Å². The number of hydrogen-bond acceptors (Lipinski definition) is 3. The lowest BCUT2D eigenvalue weighted by molar-refractivity contribution is 0.408. The van der Waals surface area contributed by atoms with Crippen molar-refractivity contribution in [2.24, 2.45) is 0 Å². The molecular weight excluding hydrogens is 276 g/mol. The Hall–Kier alpha value is -2.82. The van der Waals surface area contributed by atoms with Crippen LogP contribution in [0.1, 0.15) is 11.1 Å². The van der Waals surface area contributed by atoms with E-state index in [-0.39, 0.29) is 0 Å². The van der Waals surface area contributed by atoms with E-state index in [2.05, 4.69) is 34.1 Å². The van der Waals surface area contributed by atoms with Gasteiger partial charge in [0.2, 0.25) is 0 Å². The Morgan fingerprint density at radius 1 is 1.32 bits per heavy atom. The van der Waals surface area contributed by atoms with Crippen molar-refractivity contribution in [3.05, 3.63) is 54.1 Å². The number of rotatable bonds is 3. The number of methoxy groups -OCH3 is 1. The number of ether oxygens (including phenoxy) is 1. The van der Waals surface area contributed by atoms with Gasteiger partial charge in [-0.05, 0) is 30.7 Å². The molecule has 1 aromatic carbocycles. The summed E-state index contributed by atoms with van der Waals surface area (Å²) in [5.74, 6) is 0.891. The molecule has 4 rings (SSSR count). The van der Waals surface area contributed by atoms with Gasteiger partial charge in [0, 0.05) is 40.4 Å². The number of nitrogens with zero attached hydrogens (tertiary/aromatic N) is 3. The second-order valence-electron chi connectivity index (χ2n) is 5.40. The predicted molar refractivity (Wildman–Crippen MR) is 86.2 cm³/mol. The molecule has 4 aromatic rings. The Morgan fingerprint density at radius 2 is 2.23 bits per heavy atom. The normalized spacial score (nSPS) is 11.4. The number of fused-ring (bicyclic) bond motifs is 2. The van der Waals surface area contributed by atoms with Crippen LogP contribution in [-0.2, 0) is 6.54 Å². The van der Waals surface area contributed by atoms with Crippen molar-refractivity contribution >= 4 is 21.8 Å². The zero-order valence-corrected chi connectivity index (χ0v) is 12.5. The predicted octanol–water partition coefficient (Wildman–Crippen LogP) is 3.28. The van der Waals surface area contributed by atoms with Crippen molar-refractivity contribution in [2.75, 3.05) is 7.11 Å². The van der Waals surface area contributed by atoms with Crippen LogP contribution < -0.4 is 4.74 Å². The minimum absolute atomic E-state index is 0.659. The van der Waals surface area contributed by atoms with E-state index in [1.807, 2.05) is 23.1 Å². The molecule has 5 nitrogen and oxygen atoms in total. The number of H-pyrrole nitrogens is 1. The summed E-state index contributed by atoms with van der Waals surface area (Å²) in [6, 6.07) is 6.13. The standard InChI is InChI=1S/C17H16N4O/c1-11-7-16(22-2)14(13-4-6-19-17(11)13)10-21-9-12-3-5-18-8-15(12)20-21/h3-9,19H,10H2,1-2H3. The minimum atomic E-state index is 0.659. The highest BCUT2D eigenvalue weighted by Crippen LogP contribution is 2.31. The zero-order chi connectivity index (χ0) is 15.1. The van der Waals surface area contributed by atoms with Crippen LogP contribution >= 0.6 is 0 Å². The number of benzene rings is 1. The maximum Gasteiger partial charge on any atom is 0.124 e. The molecule has 3 heterocycles. The Balaban J connectivity index is 1.86. The molecule has 0 atom stereocenters. The van der Waals surface area contributed by atoms with E-state index in [0.717, 1.165) is 27.7 Å². The van der Waals surface area contributed by atoms with Gasteiger partial charge >= 0.3 is 0 Å². The molecule has 0 aliphatic rings. The molecule has 0 spiro atoms. The van der Waals surface area contributed by atoms with E-state index >= 15 is 0 Å². The monoisotopic (exact) mass is 292 g/mol. The summed E-state index contributed by atoms with van der Waals surface area (Å²) in [5, 5.41) is 6.85. The first-order chi connectivity index (χ1) is 10.8. The second kappa shape index (κ2) is 4.87. The minimum Gasteiger partial charge on any atom is -0.496 e. The van der Waals surface area contributed by atoms with E-state index in [1.54, 1.807) is 19.5 Å². The molecule has 0 saturated heterocycles. The van der Waals surface area contributed by atoms with Gasteiger partial charge in [0.05, 0.1) is 19.9 Å². The number of nitrogens with one attached hydrogen (secondary N) is 1. The number of hydrogen-bond donors (Lipinski definition) is 1. The lowest BCUT2D eigenvalue weighted by Gasteiger charge is -2.12. The van der Waals surface area contributed by atoms with Crippen LogP contribution in [0.4, 0.5) is 0 Å². The number of aromatic nitrogens is 4. The molecule has 0 radical (unpaired) electrons. The lowest BCUT2D eigenvalue weighted by atomic mass is 10.0. The molecule has 0 amide bonds. The fourth-order valence-electron chi connectivity index (χ4n) is 2.94. The van der Waals surface area contributed by atoms with Crippen molar-refractivity contribution in [1.82, 2.24) is 19.7 Å². The fraction of sp³-hybridized carbons (Fsp3) is 0.176. The third-order valence-corrected chi connectivity index (χ3v) is 4.01. The summed E-state index contributed by atoms with van der Waals surface area (Å²) >= 11 is 0. The Morgan fingerprint density at radius 3 is 3.05 bits per heavy atom. The zero-order valence-electron chi connectivity index (χ0n) is 12.5. The number of aryl methyl sites for hydroxylation is 1. The van der Waals surface area contributed by atoms with Crippen LogP contribution in [-0.4, -0.2) is 26.9 Å². The highest BCUT2D eigenvalue weighted by atomic mass is 16.5. The maximum atomic E-state index is 5.58. The average molecular weight is 292 g/mol. The van der Waals surface area contributed by atoms with Crippen molar-refractivity contribution in [3.8, 4) is 5.75 Å². The van der Waals surface area contributed by atoms with Gasteiger partial charge in [-0.25, -0.2) is 0 Å². The van der Waals surface area contributed by atoms with E-state index < -0.39 is 0 Å². The van der Waals surface area contributed by atoms with Crippen molar-refractivity contribution in [1.29, 1.82) is 0 Å². The van der Waals surface area contributed by atoms with Crippen molar-refractivity contribution in [2.45, 2.75) is 13.5 Å².